The van der Waals surface area contributed by atoms with Gasteiger partial charge in [-0.25, -0.2) is 0 Å². The number of aromatic nitrogens is 1. The molecule has 1 saturated heterocycles. The number of rotatable bonds is 3. The van der Waals surface area contributed by atoms with Gasteiger partial charge in [-0.05, 0) is 25.3 Å². The number of benzene rings is 1. The van der Waals surface area contributed by atoms with Gasteiger partial charge in [0.15, 0.2) is 5.78 Å². The lowest BCUT2D eigenvalue weighted by Gasteiger charge is -2.34. The molecule has 1 aliphatic rings. The number of fused-ring (bicyclic) bond motifs is 1. The summed E-state index contributed by atoms with van der Waals surface area (Å²) in [6, 6.07) is 8.13. The zero-order valence-corrected chi connectivity index (χ0v) is 12.5. The first-order valence-corrected chi connectivity index (χ1v) is 7.39. The van der Waals surface area contributed by atoms with Gasteiger partial charge in [-0.3, -0.25) is 14.7 Å². The average Bonchev–Trinajstić information content (AvgIpc) is 2.53. The molecule has 0 aliphatic carbocycles. The lowest BCUT2D eigenvalue weighted by Crippen LogP contribution is -2.48. The third kappa shape index (κ3) is 2.82. The summed E-state index contributed by atoms with van der Waals surface area (Å²) >= 11 is 0. The van der Waals surface area contributed by atoms with Gasteiger partial charge in [0.25, 0.3) is 0 Å². The summed E-state index contributed by atoms with van der Waals surface area (Å²) in [5, 5.41) is 1.93. The highest BCUT2D eigenvalue weighted by molar-refractivity contribution is 6.10. The molecule has 1 aromatic heterocycles. The van der Waals surface area contributed by atoms with Crippen LogP contribution in [0.2, 0.25) is 0 Å². The summed E-state index contributed by atoms with van der Waals surface area (Å²) in [5.74, 6) is 0.0546. The van der Waals surface area contributed by atoms with E-state index in [1.165, 1.54) is 0 Å². The molecule has 0 saturated carbocycles. The number of Topliss-reactive ketones (excluding diaryl/α,β-unsaturated/α-hetero) is 1. The molecule has 2 aromatic rings. The SMILES string of the molecule is CC(C)N1CCOC(C(=O)c2cccc3ccncc23)C1. The summed E-state index contributed by atoms with van der Waals surface area (Å²) < 4.78 is 5.71. The van der Waals surface area contributed by atoms with Gasteiger partial charge < -0.3 is 4.74 Å². The molecule has 0 bridgehead atoms. The van der Waals surface area contributed by atoms with Crippen LogP contribution in [0.4, 0.5) is 0 Å². The number of nitrogens with zero attached hydrogens (tertiary/aromatic N) is 2. The summed E-state index contributed by atoms with van der Waals surface area (Å²) in [5.41, 5.74) is 0.705. The molecule has 1 aliphatic heterocycles. The molecule has 1 aromatic carbocycles. The maximum absolute atomic E-state index is 12.8. The van der Waals surface area contributed by atoms with Gasteiger partial charge in [0.2, 0.25) is 0 Å². The van der Waals surface area contributed by atoms with Gasteiger partial charge in [0.1, 0.15) is 6.10 Å². The van der Waals surface area contributed by atoms with E-state index in [2.05, 4.69) is 23.7 Å². The lowest BCUT2D eigenvalue weighted by molar-refractivity contribution is -0.0255. The number of carbonyl (C=O) groups excluding carboxylic acids is 1. The molecule has 4 heteroatoms. The van der Waals surface area contributed by atoms with Crippen LogP contribution in [0.25, 0.3) is 10.8 Å². The summed E-state index contributed by atoms with van der Waals surface area (Å²) in [6.07, 6.45) is 3.12. The molecule has 4 nitrogen and oxygen atoms in total. The maximum atomic E-state index is 12.8. The maximum Gasteiger partial charge on any atom is 0.193 e. The second kappa shape index (κ2) is 5.92. The minimum atomic E-state index is -0.382. The van der Waals surface area contributed by atoms with E-state index >= 15 is 0 Å². The van der Waals surface area contributed by atoms with E-state index in [1.54, 1.807) is 12.4 Å². The van der Waals surface area contributed by atoms with Gasteiger partial charge in [-0.15, -0.1) is 0 Å². The van der Waals surface area contributed by atoms with Gasteiger partial charge in [-0.2, -0.15) is 0 Å². The monoisotopic (exact) mass is 284 g/mol. The van der Waals surface area contributed by atoms with Gasteiger partial charge >= 0.3 is 0 Å². The van der Waals surface area contributed by atoms with Crippen LogP contribution < -0.4 is 0 Å². The molecule has 2 heterocycles. The van der Waals surface area contributed by atoms with E-state index in [0.29, 0.717) is 24.8 Å². The highest BCUT2D eigenvalue weighted by Gasteiger charge is 2.29. The van der Waals surface area contributed by atoms with E-state index in [9.17, 15) is 4.79 Å². The Morgan fingerprint density at radius 3 is 3.05 bits per heavy atom. The largest absolute Gasteiger partial charge is 0.367 e. The Morgan fingerprint density at radius 1 is 1.38 bits per heavy atom. The topological polar surface area (TPSA) is 42.4 Å². The number of ether oxygens (including phenoxy) is 1. The fourth-order valence-electron chi connectivity index (χ4n) is 2.80. The normalized spacial score (nSPS) is 20.0. The summed E-state index contributed by atoms with van der Waals surface area (Å²) in [6.45, 7) is 6.45. The minimum absolute atomic E-state index is 0.0546. The zero-order valence-electron chi connectivity index (χ0n) is 12.5. The van der Waals surface area contributed by atoms with Crippen molar-refractivity contribution in [3.05, 3.63) is 42.2 Å². The minimum Gasteiger partial charge on any atom is -0.367 e. The molecule has 1 fully saturated rings. The van der Waals surface area contributed by atoms with Crippen LogP contribution in [0.5, 0.6) is 0 Å². The fraction of sp³-hybridized carbons (Fsp3) is 0.412. The van der Waals surface area contributed by atoms with Crippen molar-refractivity contribution in [3.8, 4) is 0 Å². The molecule has 0 N–H and O–H groups in total. The number of ketones is 1. The second-order valence-electron chi connectivity index (χ2n) is 5.71. The first-order chi connectivity index (χ1) is 10.2. The van der Waals surface area contributed by atoms with Crippen LogP contribution in [-0.2, 0) is 4.74 Å². The Hall–Kier alpha value is -1.78. The van der Waals surface area contributed by atoms with E-state index in [1.807, 2.05) is 24.3 Å². The van der Waals surface area contributed by atoms with Gasteiger partial charge in [-0.1, -0.05) is 18.2 Å². The van der Waals surface area contributed by atoms with E-state index in [-0.39, 0.29) is 11.9 Å². The van der Waals surface area contributed by atoms with Crippen molar-refractivity contribution < 1.29 is 9.53 Å². The number of morpholine rings is 1. The van der Waals surface area contributed by atoms with Crippen LogP contribution in [0, 0.1) is 0 Å². The molecule has 0 spiro atoms. The van der Waals surface area contributed by atoms with Crippen molar-refractivity contribution in [1.29, 1.82) is 0 Å². The number of pyridine rings is 1. The molecule has 21 heavy (non-hydrogen) atoms. The summed E-state index contributed by atoms with van der Waals surface area (Å²) in [4.78, 5) is 19.2. The zero-order chi connectivity index (χ0) is 14.8. The van der Waals surface area contributed by atoms with E-state index in [4.69, 9.17) is 4.74 Å². The Balaban J connectivity index is 1.90. The van der Waals surface area contributed by atoms with Gasteiger partial charge in [0, 0.05) is 42.5 Å². The summed E-state index contributed by atoms with van der Waals surface area (Å²) in [7, 11) is 0. The quantitative estimate of drug-likeness (QED) is 0.812. The average molecular weight is 284 g/mol. The molecular weight excluding hydrogens is 264 g/mol. The van der Waals surface area contributed by atoms with Crippen LogP contribution in [0.3, 0.4) is 0 Å². The van der Waals surface area contributed by atoms with E-state index < -0.39 is 0 Å². The van der Waals surface area contributed by atoms with Crippen molar-refractivity contribution in [1.82, 2.24) is 9.88 Å². The smallest absolute Gasteiger partial charge is 0.193 e. The van der Waals surface area contributed by atoms with Crippen LogP contribution >= 0.6 is 0 Å². The number of carbonyl (C=O) groups is 1. The molecule has 1 atom stereocenters. The van der Waals surface area contributed by atoms with Crippen molar-refractivity contribution in [2.24, 2.45) is 0 Å². The Labute approximate surface area is 124 Å². The Kier molecular flexibility index (Phi) is 3.99. The van der Waals surface area contributed by atoms with Crippen LogP contribution in [-0.4, -0.2) is 47.5 Å². The standard InChI is InChI=1S/C17H20N2O2/c1-12(2)19-8-9-21-16(11-19)17(20)14-5-3-4-13-6-7-18-10-15(13)14/h3-7,10,12,16H,8-9,11H2,1-2H3. The van der Waals surface area contributed by atoms with E-state index in [0.717, 1.165) is 17.3 Å². The second-order valence-corrected chi connectivity index (χ2v) is 5.71. The van der Waals surface area contributed by atoms with Crippen molar-refractivity contribution in [2.75, 3.05) is 19.7 Å². The van der Waals surface area contributed by atoms with Crippen molar-refractivity contribution >= 4 is 16.6 Å². The van der Waals surface area contributed by atoms with Crippen LogP contribution in [0.1, 0.15) is 24.2 Å². The van der Waals surface area contributed by atoms with Crippen LogP contribution in [0.15, 0.2) is 36.7 Å². The first kappa shape index (κ1) is 14.2. The Bertz CT molecular complexity index is 649. The molecular formula is C17H20N2O2. The van der Waals surface area contributed by atoms with Crippen molar-refractivity contribution in [3.63, 3.8) is 0 Å². The highest BCUT2D eigenvalue weighted by atomic mass is 16.5. The molecule has 0 radical (unpaired) electrons. The Morgan fingerprint density at radius 2 is 2.24 bits per heavy atom. The van der Waals surface area contributed by atoms with Crippen molar-refractivity contribution in [2.45, 2.75) is 26.0 Å². The molecule has 3 rings (SSSR count). The highest BCUT2D eigenvalue weighted by Crippen LogP contribution is 2.21. The molecule has 0 amide bonds. The first-order valence-electron chi connectivity index (χ1n) is 7.39. The molecule has 1 unspecified atom stereocenters. The molecule has 110 valence electrons. The number of hydrogen-bond acceptors (Lipinski definition) is 4. The third-order valence-corrected chi connectivity index (χ3v) is 4.07. The van der Waals surface area contributed by atoms with Gasteiger partial charge in [0.05, 0.1) is 6.61 Å². The third-order valence-electron chi connectivity index (χ3n) is 4.07. The predicted molar refractivity (Wildman–Crippen MR) is 82.5 cm³/mol. The predicted octanol–water partition coefficient (Wildman–Crippen LogP) is 2.53. The fourth-order valence-corrected chi connectivity index (χ4v) is 2.80. The number of hydrogen-bond donors (Lipinski definition) is 0. The lowest BCUT2D eigenvalue weighted by atomic mass is 9.99.